The molecule has 1 rings (SSSR count). The zero-order valence-corrected chi connectivity index (χ0v) is 9.59. The van der Waals surface area contributed by atoms with Gasteiger partial charge in [-0.15, -0.1) is 0 Å². The van der Waals surface area contributed by atoms with E-state index in [1.807, 2.05) is 0 Å². The van der Waals surface area contributed by atoms with Crippen LogP contribution in [0.15, 0.2) is 18.2 Å². The minimum absolute atomic E-state index is 0.245. The standard InChI is InChI=1S/C11H13F4NO2/c1-16-5-7-3-2-4-8(12)10(7)18-6-9(17)11(13,14)15/h2-4,9,16-17H,5-6H2,1H3. The summed E-state index contributed by atoms with van der Waals surface area (Å²) in [5, 5.41) is 11.5. The lowest BCUT2D eigenvalue weighted by Gasteiger charge is -2.17. The first-order chi connectivity index (χ1) is 8.36. The van der Waals surface area contributed by atoms with Gasteiger partial charge in [-0.3, -0.25) is 0 Å². The Morgan fingerprint density at radius 3 is 2.61 bits per heavy atom. The summed E-state index contributed by atoms with van der Waals surface area (Å²) in [7, 11) is 1.61. The maximum atomic E-state index is 13.4. The number of aliphatic hydroxyl groups is 1. The van der Waals surface area contributed by atoms with Crippen molar-refractivity contribution in [2.75, 3.05) is 13.7 Å². The predicted octanol–water partition coefficient (Wildman–Crippen LogP) is 1.85. The van der Waals surface area contributed by atoms with Gasteiger partial charge in [-0.25, -0.2) is 4.39 Å². The zero-order valence-electron chi connectivity index (χ0n) is 9.59. The van der Waals surface area contributed by atoms with Crippen LogP contribution in [0, 0.1) is 5.82 Å². The van der Waals surface area contributed by atoms with Gasteiger partial charge in [0.15, 0.2) is 17.7 Å². The number of aliphatic hydroxyl groups excluding tert-OH is 1. The van der Waals surface area contributed by atoms with Crippen LogP contribution in [0.1, 0.15) is 5.56 Å². The predicted molar refractivity (Wildman–Crippen MR) is 56.7 cm³/mol. The van der Waals surface area contributed by atoms with Crippen LogP contribution in [0.2, 0.25) is 0 Å². The number of para-hydroxylation sites is 1. The number of nitrogens with one attached hydrogen (secondary N) is 1. The molecule has 0 aromatic heterocycles. The molecule has 3 nitrogen and oxygen atoms in total. The van der Waals surface area contributed by atoms with Gasteiger partial charge in [0.25, 0.3) is 0 Å². The van der Waals surface area contributed by atoms with Gasteiger partial charge < -0.3 is 15.2 Å². The second kappa shape index (κ2) is 6.01. The van der Waals surface area contributed by atoms with Crippen molar-refractivity contribution in [2.24, 2.45) is 0 Å². The normalized spacial score (nSPS) is 13.4. The van der Waals surface area contributed by atoms with Crippen molar-refractivity contribution in [3.63, 3.8) is 0 Å². The third-order valence-electron chi connectivity index (χ3n) is 2.18. The van der Waals surface area contributed by atoms with Gasteiger partial charge >= 0.3 is 6.18 Å². The highest BCUT2D eigenvalue weighted by Gasteiger charge is 2.39. The summed E-state index contributed by atoms with van der Waals surface area (Å²) in [5.41, 5.74) is 0.381. The molecule has 2 N–H and O–H groups in total. The monoisotopic (exact) mass is 267 g/mol. The number of alkyl halides is 3. The van der Waals surface area contributed by atoms with Crippen molar-refractivity contribution in [1.29, 1.82) is 0 Å². The van der Waals surface area contributed by atoms with Crippen LogP contribution < -0.4 is 10.1 Å². The second-order valence-electron chi connectivity index (χ2n) is 3.63. The van der Waals surface area contributed by atoms with Crippen molar-refractivity contribution in [1.82, 2.24) is 5.32 Å². The molecule has 102 valence electrons. The van der Waals surface area contributed by atoms with Crippen LogP contribution in [0.3, 0.4) is 0 Å². The first-order valence-electron chi connectivity index (χ1n) is 5.15. The molecule has 7 heteroatoms. The lowest BCUT2D eigenvalue weighted by Crippen LogP contribution is -2.34. The summed E-state index contributed by atoms with van der Waals surface area (Å²) in [5.74, 6) is -1.05. The molecule has 0 aliphatic heterocycles. The van der Waals surface area contributed by atoms with E-state index in [1.54, 1.807) is 7.05 Å². The summed E-state index contributed by atoms with van der Waals surface area (Å²) in [6, 6.07) is 4.03. The highest BCUT2D eigenvalue weighted by molar-refractivity contribution is 5.34. The maximum absolute atomic E-state index is 13.4. The fraction of sp³-hybridized carbons (Fsp3) is 0.455. The molecule has 1 atom stereocenters. The van der Waals surface area contributed by atoms with Crippen LogP contribution in [0.4, 0.5) is 17.6 Å². The quantitative estimate of drug-likeness (QED) is 0.800. The van der Waals surface area contributed by atoms with Crippen molar-refractivity contribution in [2.45, 2.75) is 18.8 Å². The first kappa shape index (κ1) is 14.7. The Morgan fingerprint density at radius 1 is 1.39 bits per heavy atom. The van der Waals surface area contributed by atoms with Gasteiger partial charge in [-0.2, -0.15) is 13.2 Å². The third-order valence-corrected chi connectivity index (χ3v) is 2.18. The molecule has 1 aromatic carbocycles. The molecule has 0 saturated heterocycles. The van der Waals surface area contributed by atoms with Crippen molar-refractivity contribution in [3.8, 4) is 5.75 Å². The summed E-state index contributed by atoms with van der Waals surface area (Å²) in [4.78, 5) is 0. The number of rotatable bonds is 5. The molecule has 0 spiro atoms. The van der Waals surface area contributed by atoms with E-state index in [9.17, 15) is 17.6 Å². The summed E-state index contributed by atoms with van der Waals surface area (Å²) in [6.45, 7) is -0.795. The van der Waals surface area contributed by atoms with Crippen LogP contribution >= 0.6 is 0 Å². The Hall–Kier alpha value is -1.34. The molecular weight excluding hydrogens is 254 g/mol. The second-order valence-corrected chi connectivity index (χ2v) is 3.63. The average Bonchev–Trinajstić information content (AvgIpc) is 2.27. The van der Waals surface area contributed by atoms with Gasteiger partial charge in [0, 0.05) is 12.1 Å². The fourth-order valence-electron chi connectivity index (χ4n) is 1.30. The van der Waals surface area contributed by atoms with E-state index >= 15 is 0 Å². The van der Waals surface area contributed by atoms with E-state index in [4.69, 9.17) is 9.84 Å². The van der Waals surface area contributed by atoms with Gasteiger partial charge in [0.2, 0.25) is 0 Å². The van der Waals surface area contributed by atoms with Crippen LogP contribution in [-0.2, 0) is 6.54 Å². The number of hydrogen-bond donors (Lipinski definition) is 2. The van der Waals surface area contributed by atoms with Gasteiger partial charge in [0.1, 0.15) is 6.61 Å². The number of halogens is 4. The van der Waals surface area contributed by atoms with Crippen molar-refractivity contribution < 1.29 is 27.4 Å². The van der Waals surface area contributed by atoms with E-state index in [-0.39, 0.29) is 12.3 Å². The molecule has 18 heavy (non-hydrogen) atoms. The summed E-state index contributed by atoms with van der Waals surface area (Å²) in [6.07, 6.45) is -7.42. The smallest absolute Gasteiger partial charge is 0.417 e. The third kappa shape index (κ3) is 3.85. The largest absolute Gasteiger partial charge is 0.487 e. The molecule has 0 saturated carbocycles. The van der Waals surface area contributed by atoms with E-state index < -0.39 is 24.7 Å². The van der Waals surface area contributed by atoms with Crippen LogP contribution in [-0.4, -0.2) is 31.0 Å². The van der Waals surface area contributed by atoms with E-state index in [1.165, 1.54) is 12.1 Å². The Kier molecular flexibility index (Phi) is 4.92. The zero-order chi connectivity index (χ0) is 13.8. The topological polar surface area (TPSA) is 41.5 Å². The van der Waals surface area contributed by atoms with E-state index in [0.717, 1.165) is 6.07 Å². The van der Waals surface area contributed by atoms with Gasteiger partial charge in [0.05, 0.1) is 0 Å². The number of ether oxygens (including phenoxy) is 1. The fourth-order valence-corrected chi connectivity index (χ4v) is 1.30. The first-order valence-corrected chi connectivity index (χ1v) is 5.15. The lowest BCUT2D eigenvalue weighted by molar-refractivity contribution is -0.210. The highest BCUT2D eigenvalue weighted by atomic mass is 19.4. The Balaban J connectivity index is 2.77. The Bertz CT molecular complexity index is 395. The van der Waals surface area contributed by atoms with Gasteiger partial charge in [-0.1, -0.05) is 12.1 Å². The summed E-state index contributed by atoms with van der Waals surface area (Å²) < 4.78 is 54.3. The van der Waals surface area contributed by atoms with E-state index in [0.29, 0.717) is 5.56 Å². The van der Waals surface area contributed by atoms with Crippen LogP contribution in [0.25, 0.3) is 0 Å². The van der Waals surface area contributed by atoms with Gasteiger partial charge in [-0.05, 0) is 13.1 Å². The molecule has 1 unspecified atom stereocenters. The SMILES string of the molecule is CNCc1cccc(F)c1OCC(O)C(F)(F)F. The molecule has 0 bridgehead atoms. The lowest BCUT2D eigenvalue weighted by atomic mass is 10.2. The maximum Gasteiger partial charge on any atom is 0.417 e. The highest BCUT2D eigenvalue weighted by Crippen LogP contribution is 2.25. The molecule has 0 aliphatic carbocycles. The Labute approximate surface area is 101 Å². The minimum atomic E-state index is -4.78. The molecule has 0 fully saturated rings. The molecule has 0 aliphatic rings. The minimum Gasteiger partial charge on any atom is -0.487 e. The molecule has 0 heterocycles. The summed E-state index contributed by atoms with van der Waals surface area (Å²) >= 11 is 0. The van der Waals surface area contributed by atoms with Crippen LogP contribution in [0.5, 0.6) is 5.75 Å². The van der Waals surface area contributed by atoms with E-state index in [2.05, 4.69) is 5.32 Å². The molecule has 1 aromatic rings. The number of hydrogen-bond acceptors (Lipinski definition) is 3. The average molecular weight is 267 g/mol. The Morgan fingerprint density at radius 2 is 2.06 bits per heavy atom. The molecule has 0 radical (unpaired) electrons. The van der Waals surface area contributed by atoms with Crippen molar-refractivity contribution >= 4 is 0 Å². The number of benzene rings is 1. The molecule has 0 amide bonds. The molecular formula is C11H13F4NO2. The van der Waals surface area contributed by atoms with Crippen molar-refractivity contribution in [3.05, 3.63) is 29.6 Å².